The van der Waals surface area contributed by atoms with Crippen LogP contribution in [0.5, 0.6) is 0 Å². The SMILES string of the molecule is Cc1cc(C(O)Cc2ccc(Br)cc2)ccc1Cl. The van der Waals surface area contributed by atoms with Crippen molar-refractivity contribution in [3.63, 3.8) is 0 Å². The molecular weight excluding hydrogens is 312 g/mol. The summed E-state index contributed by atoms with van der Waals surface area (Å²) >= 11 is 9.37. The van der Waals surface area contributed by atoms with Crippen molar-refractivity contribution in [3.05, 3.63) is 68.7 Å². The third-order valence-electron chi connectivity index (χ3n) is 2.91. The van der Waals surface area contributed by atoms with Crippen LogP contribution in [0.4, 0.5) is 0 Å². The lowest BCUT2D eigenvalue weighted by Crippen LogP contribution is -2.02. The number of aliphatic hydroxyl groups is 1. The molecule has 0 saturated heterocycles. The molecule has 0 aliphatic heterocycles. The minimum absolute atomic E-state index is 0.498. The van der Waals surface area contributed by atoms with Crippen LogP contribution in [0.1, 0.15) is 22.8 Å². The van der Waals surface area contributed by atoms with Gasteiger partial charge < -0.3 is 5.11 Å². The van der Waals surface area contributed by atoms with Crippen molar-refractivity contribution in [1.29, 1.82) is 0 Å². The van der Waals surface area contributed by atoms with Gasteiger partial charge in [0.15, 0.2) is 0 Å². The molecule has 1 atom stereocenters. The molecule has 0 heterocycles. The van der Waals surface area contributed by atoms with E-state index >= 15 is 0 Å². The highest BCUT2D eigenvalue weighted by atomic mass is 79.9. The molecular formula is C15H14BrClO. The summed E-state index contributed by atoms with van der Waals surface area (Å²) in [4.78, 5) is 0. The van der Waals surface area contributed by atoms with Crippen molar-refractivity contribution >= 4 is 27.5 Å². The highest BCUT2D eigenvalue weighted by Gasteiger charge is 2.09. The Kier molecular flexibility index (Phi) is 4.44. The Morgan fingerprint density at radius 3 is 2.44 bits per heavy atom. The molecule has 0 radical (unpaired) electrons. The van der Waals surface area contributed by atoms with Gasteiger partial charge in [-0.2, -0.15) is 0 Å². The second kappa shape index (κ2) is 5.87. The summed E-state index contributed by atoms with van der Waals surface area (Å²) in [6, 6.07) is 13.6. The second-order valence-electron chi connectivity index (χ2n) is 4.36. The van der Waals surface area contributed by atoms with Crippen LogP contribution in [0.3, 0.4) is 0 Å². The van der Waals surface area contributed by atoms with Gasteiger partial charge in [0.25, 0.3) is 0 Å². The fourth-order valence-corrected chi connectivity index (χ4v) is 2.22. The Balaban J connectivity index is 2.13. The van der Waals surface area contributed by atoms with Crippen molar-refractivity contribution in [2.75, 3.05) is 0 Å². The molecule has 0 spiro atoms. The standard InChI is InChI=1S/C15H14BrClO/c1-10-8-12(4-7-14(10)17)15(18)9-11-2-5-13(16)6-3-11/h2-8,15,18H,9H2,1H3. The number of aryl methyl sites for hydroxylation is 1. The van der Waals surface area contributed by atoms with Crippen molar-refractivity contribution in [2.24, 2.45) is 0 Å². The van der Waals surface area contributed by atoms with Gasteiger partial charge in [0, 0.05) is 15.9 Å². The van der Waals surface area contributed by atoms with E-state index in [2.05, 4.69) is 15.9 Å². The maximum Gasteiger partial charge on any atom is 0.0830 e. The predicted octanol–water partition coefficient (Wildman–Crippen LogP) is 4.69. The fourth-order valence-electron chi connectivity index (χ4n) is 1.84. The van der Waals surface area contributed by atoms with Gasteiger partial charge in [0.2, 0.25) is 0 Å². The van der Waals surface area contributed by atoms with Crippen molar-refractivity contribution in [2.45, 2.75) is 19.4 Å². The van der Waals surface area contributed by atoms with Crippen molar-refractivity contribution < 1.29 is 5.11 Å². The summed E-state index contributed by atoms with van der Waals surface area (Å²) in [5, 5.41) is 10.9. The van der Waals surface area contributed by atoms with E-state index in [0.29, 0.717) is 6.42 Å². The van der Waals surface area contributed by atoms with E-state index in [1.807, 2.05) is 49.4 Å². The van der Waals surface area contributed by atoms with Crippen molar-refractivity contribution in [3.8, 4) is 0 Å². The summed E-state index contributed by atoms with van der Waals surface area (Å²) in [6.07, 6.45) is 0.107. The van der Waals surface area contributed by atoms with Gasteiger partial charge in [-0.3, -0.25) is 0 Å². The Hall–Kier alpha value is -0.830. The van der Waals surface area contributed by atoms with Gasteiger partial charge in [-0.1, -0.05) is 51.8 Å². The lowest BCUT2D eigenvalue weighted by molar-refractivity contribution is 0.178. The van der Waals surface area contributed by atoms with E-state index in [9.17, 15) is 5.11 Å². The molecule has 2 rings (SSSR count). The summed E-state index contributed by atoms with van der Waals surface area (Å²) in [7, 11) is 0. The van der Waals surface area contributed by atoms with Gasteiger partial charge >= 0.3 is 0 Å². The molecule has 1 unspecified atom stereocenters. The molecule has 0 aromatic heterocycles. The van der Waals surface area contributed by atoms with Crippen LogP contribution < -0.4 is 0 Å². The van der Waals surface area contributed by atoms with Gasteiger partial charge in [-0.05, 0) is 41.8 Å². The summed E-state index contributed by atoms with van der Waals surface area (Å²) in [5.74, 6) is 0. The van der Waals surface area contributed by atoms with Gasteiger partial charge in [0.1, 0.15) is 0 Å². The minimum atomic E-state index is -0.498. The number of hydrogen-bond acceptors (Lipinski definition) is 1. The van der Waals surface area contributed by atoms with Crippen LogP contribution in [-0.4, -0.2) is 5.11 Å². The van der Waals surface area contributed by atoms with E-state index < -0.39 is 6.10 Å². The molecule has 94 valence electrons. The average Bonchev–Trinajstić information content (AvgIpc) is 2.35. The van der Waals surface area contributed by atoms with E-state index in [1.165, 1.54) is 0 Å². The molecule has 0 fully saturated rings. The zero-order chi connectivity index (χ0) is 13.1. The number of halogens is 2. The lowest BCUT2D eigenvalue weighted by Gasteiger charge is -2.12. The van der Waals surface area contributed by atoms with Crippen LogP contribution in [-0.2, 0) is 6.42 Å². The topological polar surface area (TPSA) is 20.2 Å². The largest absolute Gasteiger partial charge is 0.388 e. The number of aliphatic hydroxyl groups excluding tert-OH is 1. The first kappa shape index (κ1) is 13.6. The Morgan fingerprint density at radius 1 is 1.17 bits per heavy atom. The van der Waals surface area contributed by atoms with Crippen LogP contribution in [0.2, 0.25) is 5.02 Å². The van der Waals surface area contributed by atoms with Gasteiger partial charge in [-0.25, -0.2) is 0 Å². The maximum absolute atomic E-state index is 10.2. The van der Waals surface area contributed by atoms with Crippen molar-refractivity contribution in [1.82, 2.24) is 0 Å². The molecule has 18 heavy (non-hydrogen) atoms. The third kappa shape index (κ3) is 3.35. The summed E-state index contributed by atoms with van der Waals surface area (Å²) in [5.41, 5.74) is 3.00. The third-order valence-corrected chi connectivity index (χ3v) is 3.86. The first-order valence-corrected chi connectivity index (χ1v) is 6.92. The average molecular weight is 326 g/mol. The first-order valence-electron chi connectivity index (χ1n) is 5.75. The van der Waals surface area contributed by atoms with Crippen LogP contribution in [0.25, 0.3) is 0 Å². The van der Waals surface area contributed by atoms with Crippen LogP contribution in [0, 0.1) is 6.92 Å². The number of benzene rings is 2. The monoisotopic (exact) mass is 324 g/mol. The molecule has 0 saturated carbocycles. The first-order chi connectivity index (χ1) is 8.56. The molecule has 0 amide bonds. The molecule has 1 N–H and O–H groups in total. The fraction of sp³-hybridized carbons (Fsp3) is 0.200. The Bertz CT molecular complexity index is 537. The van der Waals surface area contributed by atoms with Gasteiger partial charge in [-0.15, -0.1) is 0 Å². The quantitative estimate of drug-likeness (QED) is 0.868. The zero-order valence-electron chi connectivity index (χ0n) is 10.0. The number of rotatable bonds is 3. The molecule has 3 heteroatoms. The molecule has 2 aromatic rings. The Morgan fingerprint density at radius 2 is 1.83 bits per heavy atom. The number of hydrogen-bond donors (Lipinski definition) is 1. The van der Waals surface area contributed by atoms with E-state index in [-0.39, 0.29) is 0 Å². The minimum Gasteiger partial charge on any atom is -0.388 e. The van der Waals surface area contributed by atoms with E-state index in [0.717, 1.165) is 26.2 Å². The normalized spacial score (nSPS) is 12.4. The van der Waals surface area contributed by atoms with E-state index in [4.69, 9.17) is 11.6 Å². The Labute approximate surface area is 121 Å². The molecule has 0 aliphatic rings. The lowest BCUT2D eigenvalue weighted by atomic mass is 10.0. The smallest absolute Gasteiger partial charge is 0.0830 e. The van der Waals surface area contributed by atoms with Crippen LogP contribution >= 0.6 is 27.5 Å². The molecule has 2 aromatic carbocycles. The predicted molar refractivity (Wildman–Crippen MR) is 79.0 cm³/mol. The molecule has 0 bridgehead atoms. The summed E-state index contributed by atoms with van der Waals surface area (Å²) < 4.78 is 1.04. The maximum atomic E-state index is 10.2. The highest BCUT2D eigenvalue weighted by Crippen LogP contribution is 2.23. The zero-order valence-corrected chi connectivity index (χ0v) is 12.4. The van der Waals surface area contributed by atoms with Gasteiger partial charge in [0.05, 0.1) is 6.10 Å². The molecule has 0 aliphatic carbocycles. The molecule has 1 nitrogen and oxygen atoms in total. The highest BCUT2D eigenvalue weighted by molar-refractivity contribution is 9.10. The second-order valence-corrected chi connectivity index (χ2v) is 5.68. The summed E-state index contributed by atoms with van der Waals surface area (Å²) in [6.45, 7) is 1.94. The van der Waals surface area contributed by atoms with E-state index in [1.54, 1.807) is 0 Å². The van der Waals surface area contributed by atoms with Crippen LogP contribution in [0.15, 0.2) is 46.9 Å².